The van der Waals surface area contributed by atoms with Gasteiger partial charge in [-0.25, -0.2) is 8.42 Å². The third kappa shape index (κ3) is 3.57. The Labute approximate surface area is 164 Å². The van der Waals surface area contributed by atoms with Gasteiger partial charge in [0.1, 0.15) is 0 Å². The minimum absolute atomic E-state index is 0.132. The van der Waals surface area contributed by atoms with Crippen LogP contribution in [-0.2, 0) is 10.0 Å². The average molecular weight is 402 g/mol. The summed E-state index contributed by atoms with van der Waals surface area (Å²) in [6, 6.07) is 12.0. The number of benzene rings is 2. The summed E-state index contributed by atoms with van der Waals surface area (Å²) >= 11 is 0. The fraction of sp³-hybridized carbons (Fsp3) is 0.350. The largest absolute Gasteiger partial charge is 0.454 e. The first-order chi connectivity index (χ1) is 13.4. The van der Waals surface area contributed by atoms with Crippen molar-refractivity contribution in [1.82, 2.24) is 9.21 Å². The van der Waals surface area contributed by atoms with E-state index in [-0.39, 0.29) is 24.1 Å². The fourth-order valence-electron chi connectivity index (χ4n) is 3.41. The molecule has 2 aromatic carbocycles. The van der Waals surface area contributed by atoms with Gasteiger partial charge in [0.05, 0.1) is 4.90 Å². The molecular weight excluding hydrogens is 380 g/mol. The van der Waals surface area contributed by atoms with Gasteiger partial charge in [-0.15, -0.1) is 0 Å². The van der Waals surface area contributed by atoms with Crippen molar-refractivity contribution in [3.05, 3.63) is 53.6 Å². The number of sulfonamides is 1. The summed E-state index contributed by atoms with van der Waals surface area (Å²) in [6.45, 7) is 3.59. The van der Waals surface area contributed by atoms with Gasteiger partial charge in [-0.2, -0.15) is 4.31 Å². The van der Waals surface area contributed by atoms with Crippen LogP contribution in [0.1, 0.15) is 22.3 Å². The molecule has 2 aliphatic rings. The monoisotopic (exact) mass is 402 g/mol. The average Bonchev–Trinajstić information content (AvgIpc) is 3.01. The Morgan fingerprint density at radius 2 is 1.68 bits per heavy atom. The van der Waals surface area contributed by atoms with E-state index >= 15 is 0 Å². The Kier molecular flexibility index (Phi) is 4.99. The maximum absolute atomic E-state index is 12.9. The number of carbonyl (C=O) groups excluding carboxylic acids is 1. The molecule has 2 heterocycles. The minimum atomic E-state index is -3.57. The highest BCUT2D eigenvalue weighted by Crippen LogP contribution is 2.33. The molecule has 0 saturated carbocycles. The van der Waals surface area contributed by atoms with Crippen LogP contribution in [0.3, 0.4) is 0 Å². The van der Waals surface area contributed by atoms with Crippen LogP contribution in [0.25, 0.3) is 0 Å². The van der Waals surface area contributed by atoms with Gasteiger partial charge in [0.15, 0.2) is 11.5 Å². The van der Waals surface area contributed by atoms with Crippen molar-refractivity contribution in [1.29, 1.82) is 0 Å². The first kappa shape index (κ1) is 18.8. The second-order valence-corrected chi connectivity index (χ2v) is 8.87. The van der Waals surface area contributed by atoms with E-state index < -0.39 is 10.0 Å². The smallest absolute Gasteiger partial charge is 0.254 e. The Bertz CT molecular complexity index is 988. The highest BCUT2D eigenvalue weighted by atomic mass is 32.2. The van der Waals surface area contributed by atoms with Crippen molar-refractivity contribution in [2.24, 2.45) is 0 Å². The molecule has 7 nitrogen and oxygen atoms in total. The lowest BCUT2D eigenvalue weighted by Gasteiger charge is -2.22. The topological polar surface area (TPSA) is 76.2 Å². The first-order valence-corrected chi connectivity index (χ1v) is 10.6. The van der Waals surface area contributed by atoms with E-state index in [1.165, 1.54) is 4.31 Å². The number of amides is 1. The number of rotatable bonds is 3. The fourth-order valence-corrected chi connectivity index (χ4v) is 4.88. The molecule has 0 aliphatic carbocycles. The molecule has 0 aromatic heterocycles. The molecular formula is C20H22N2O5S. The van der Waals surface area contributed by atoms with E-state index in [0.29, 0.717) is 43.1 Å². The van der Waals surface area contributed by atoms with Crippen molar-refractivity contribution in [3.8, 4) is 11.5 Å². The quantitative estimate of drug-likeness (QED) is 0.787. The van der Waals surface area contributed by atoms with E-state index in [1.807, 2.05) is 6.92 Å². The van der Waals surface area contributed by atoms with Crippen LogP contribution in [-0.4, -0.2) is 56.5 Å². The van der Waals surface area contributed by atoms with Crippen LogP contribution in [0, 0.1) is 6.92 Å². The van der Waals surface area contributed by atoms with Crippen LogP contribution < -0.4 is 9.47 Å². The third-order valence-electron chi connectivity index (χ3n) is 5.02. The van der Waals surface area contributed by atoms with Gasteiger partial charge in [0, 0.05) is 31.7 Å². The number of carbonyl (C=O) groups is 1. The lowest BCUT2D eigenvalue weighted by atomic mass is 10.1. The lowest BCUT2D eigenvalue weighted by Crippen LogP contribution is -2.37. The summed E-state index contributed by atoms with van der Waals surface area (Å²) in [5, 5.41) is 0. The van der Waals surface area contributed by atoms with Gasteiger partial charge < -0.3 is 14.4 Å². The summed E-state index contributed by atoms with van der Waals surface area (Å²) in [4.78, 5) is 14.9. The predicted molar refractivity (Wildman–Crippen MR) is 103 cm³/mol. The lowest BCUT2D eigenvalue weighted by molar-refractivity contribution is 0.0764. The molecule has 8 heteroatoms. The van der Waals surface area contributed by atoms with E-state index in [1.54, 1.807) is 47.4 Å². The van der Waals surface area contributed by atoms with Gasteiger partial charge in [-0.05, 0) is 43.7 Å². The minimum Gasteiger partial charge on any atom is -0.454 e. The van der Waals surface area contributed by atoms with Crippen molar-refractivity contribution in [2.45, 2.75) is 18.2 Å². The molecule has 28 heavy (non-hydrogen) atoms. The number of nitrogens with zero attached hydrogens (tertiary/aromatic N) is 2. The molecule has 1 saturated heterocycles. The summed E-state index contributed by atoms with van der Waals surface area (Å²) in [6.07, 6.45) is 0.585. The summed E-state index contributed by atoms with van der Waals surface area (Å²) in [7, 11) is -3.57. The molecule has 4 rings (SSSR count). The molecule has 1 amide bonds. The van der Waals surface area contributed by atoms with Crippen molar-refractivity contribution < 1.29 is 22.7 Å². The summed E-state index contributed by atoms with van der Waals surface area (Å²) in [5.74, 6) is 1.06. The van der Waals surface area contributed by atoms with Gasteiger partial charge in [0.2, 0.25) is 16.8 Å². The maximum atomic E-state index is 12.9. The zero-order valence-electron chi connectivity index (χ0n) is 15.6. The normalized spacial score (nSPS) is 17.4. The van der Waals surface area contributed by atoms with E-state index in [2.05, 4.69) is 0 Å². The number of aryl methyl sites for hydroxylation is 1. The highest BCUT2D eigenvalue weighted by Gasteiger charge is 2.29. The molecule has 2 aromatic rings. The van der Waals surface area contributed by atoms with Crippen LogP contribution in [0.4, 0.5) is 0 Å². The second-order valence-electron chi connectivity index (χ2n) is 6.93. The Morgan fingerprint density at radius 1 is 0.929 bits per heavy atom. The van der Waals surface area contributed by atoms with Gasteiger partial charge >= 0.3 is 0 Å². The molecule has 0 bridgehead atoms. The molecule has 0 spiro atoms. The standard InChI is InChI=1S/C20H22N2O5S/c1-15-3-6-17(7-4-15)28(24,25)22-10-2-9-21(11-12-22)20(23)16-5-8-18-19(13-16)27-14-26-18/h3-8,13H,2,9-12,14H2,1H3. The highest BCUT2D eigenvalue weighted by molar-refractivity contribution is 7.89. The van der Waals surface area contributed by atoms with Crippen LogP contribution in [0.5, 0.6) is 11.5 Å². The second kappa shape index (κ2) is 7.44. The van der Waals surface area contributed by atoms with E-state index in [9.17, 15) is 13.2 Å². The summed E-state index contributed by atoms with van der Waals surface area (Å²) < 4.78 is 37.9. The SMILES string of the molecule is Cc1ccc(S(=O)(=O)N2CCCN(C(=O)c3ccc4c(c3)OCO4)CC2)cc1. The van der Waals surface area contributed by atoms with E-state index in [4.69, 9.17) is 9.47 Å². The molecule has 0 radical (unpaired) electrons. The molecule has 1 fully saturated rings. The predicted octanol–water partition coefficient (Wildman–Crippen LogP) is 2.26. The molecule has 148 valence electrons. The number of hydrogen-bond acceptors (Lipinski definition) is 5. The summed E-state index contributed by atoms with van der Waals surface area (Å²) in [5.41, 5.74) is 1.52. The Morgan fingerprint density at radius 3 is 2.46 bits per heavy atom. The first-order valence-electron chi connectivity index (χ1n) is 9.21. The van der Waals surface area contributed by atoms with Crippen LogP contribution in [0.15, 0.2) is 47.4 Å². The maximum Gasteiger partial charge on any atom is 0.254 e. The Balaban J connectivity index is 1.47. The van der Waals surface area contributed by atoms with Crippen molar-refractivity contribution in [2.75, 3.05) is 33.0 Å². The number of hydrogen-bond donors (Lipinski definition) is 0. The van der Waals surface area contributed by atoms with Gasteiger partial charge in [-0.1, -0.05) is 17.7 Å². The van der Waals surface area contributed by atoms with Crippen molar-refractivity contribution in [3.63, 3.8) is 0 Å². The molecule has 0 unspecified atom stereocenters. The van der Waals surface area contributed by atoms with Crippen LogP contribution in [0.2, 0.25) is 0 Å². The Hall–Kier alpha value is -2.58. The number of ether oxygens (including phenoxy) is 2. The number of fused-ring (bicyclic) bond motifs is 1. The third-order valence-corrected chi connectivity index (χ3v) is 6.93. The van der Waals surface area contributed by atoms with Gasteiger partial charge in [0.25, 0.3) is 5.91 Å². The molecule has 2 aliphatic heterocycles. The van der Waals surface area contributed by atoms with Crippen molar-refractivity contribution >= 4 is 15.9 Å². The molecule has 0 N–H and O–H groups in total. The van der Waals surface area contributed by atoms with Crippen LogP contribution >= 0.6 is 0 Å². The van der Waals surface area contributed by atoms with Gasteiger partial charge in [-0.3, -0.25) is 4.79 Å². The van der Waals surface area contributed by atoms with E-state index in [0.717, 1.165) is 5.56 Å². The zero-order chi connectivity index (χ0) is 19.7. The zero-order valence-corrected chi connectivity index (χ0v) is 16.4. The molecule has 0 atom stereocenters.